The van der Waals surface area contributed by atoms with E-state index in [-0.39, 0.29) is 0 Å². The minimum atomic E-state index is 0.355. The van der Waals surface area contributed by atoms with Gasteiger partial charge in [-0.25, -0.2) is 0 Å². The van der Waals surface area contributed by atoms with Crippen molar-refractivity contribution < 1.29 is 4.79 Å². The van der Waals surface area contributed by atoms with Gasteiger partial charge >= 0.3 is 0 Å². The van der Waals surface area contributed by atoms with Crippen molar-refractivity contribution >= 4 is 5.91 Å². The van der Waals surface area contributed by atoms with Crippen molar-refractivity contribution in [3.63, 3.8) is 0 Å². The fourth-order valence-corrected chi connectivity index (χ4v) is 4.03. The molecule has 0 aromatic rings. The summed E-state index contributed by atoms with van der Waals surface area (Å²) in [6, 6.07) is 0.759. The van der Waals surface area contributed by atoms with Crippen LogP contribution in [0, 0.1) is 11.8 Å². The highest BCUT2D eigenvalue weighted by Crippen LogP contribution is 2.39. The summed E-state index contributed by atoms with van der Waals surface area (Å²) in [5.74, 6) is 1.42. The van der Waals surface area contributed by atoms with Crippen molar-refractivity contribution in [2.24, 2.45) is 11.8 Å². The number of hydrogen-bond donors (Lipinski definition) is 0. The molecule has 1 amide bonds. The normalized spacial score (nSPS) is 32.4. The van der Waals surface area contributed by atoms with Crippen LogP contribution in [0.15, 0.2) is 0 Å². The molecule has 0 radical (unpaired) electrons. The Morgan fingerprint density at radius 3 is 2.19 bits per heavy atom. The summed E-state index contributed by atoms with van der Waals surface area (Å²) in [7, 11) is 0. The van der Waals surface area contributed by atoms with Crippen LogP contribution in [-0.2, 0) is 4.79 Å². The molecule has 4 nitrogen and oxygen atoms in total. The van der Waals surface area contributed by atoms with Gasteiger partial charge in [0.25, 0.3) is 0 Å². The van der Waals surface area contributed by atoms with Gasteiger partial charge in [-0.05, 0) is 51.2 Å². The Kier molecular flexibility index (Phi) is 4.85. The molecule has 2 saturated heterocycles. The molecule has 2 heterocycles. The molecule has 2 aliphatic heterocycles. The average Bonchev–Trinajstić information content (AvgIpc) is 3.25. The number of likely N-dealkylation sites (tertiary alicyclic amines) is 1. The molecule has 120 valence electrons. The van der Waals surface area contributed by atoms with Gasteiger partial charge < -0.3 is 9.80 Å². The third-order valence-corrected chi connectivity index (χ3v) is 5.67. The van der Waals surface area contributed by atoms with E-state index in [2.05, 4.69) is 28.5 Å². The van der Waals surface area contributed by atoms with Crippen LogP contribution in [0.3, 0.4) is 0 Å². The molecule has 0 spiro atoms. The second-order valence-electron chi connectivity index (χ2n) is 7.25. The Labute approximate surface area is 129 Å². The van der Waals surface area contributed by atoms with Crippen molar-refractivity contribution in [1.82, 2.24) is 14.7 Å². The molecule has 2 atom stereocenters. The lowest BCUT2D eigenvalue weighted by Gasteiger charge is -2.42. The van der Waals surface area contributed by atoms with Gasteiger partial charge in [0, 0.05) is 38.1 Å². The predicted octanol–water partition coefficient (Wildman–Crippen LogP) is 1.66. The van der Waals surface area contributed by atoms with E-state index in [1.807, 2.05) is 0 Å². The molecule has 1 saturated carbocycles. The molecule has 0 aromatic heterocycles. The van der Waals surface area contributed by atoms with Crippen LogP contribution in [-0.4, -0.2) is 72.5 Å². The van der Waals surface area contributed by atoms with Crippen LogP contribution < -0.4 is 0 Å². The zero-order valence-corrected chi connectivity index (χ0v) is 13.8. The molecule has 0 unspecified atom stereocenters. The Bertz CT molecular complexity index is 357. The van der Waals surface area contributed by atoms with E-state index in [9.17, 15) is 4.79 Å². The monoisotopic (exact) mass is 293 g/mol. The van der Waals surface area contributed by atoms with Gasteiger partial charge in [-0.3, -0.25) is 9.69 Å². The number of piperidine rings is 1. The van der Waals surface area contributed by atoms with Crippen LogP contribution in [0.25, 0.3) is 0 Å². The number of rotatable bonds is 4. The number of carbonyl (C=O) groups is 1. The average molecular weight is 293 g/mol. The summed E-state index contributed by atoms with van der Waals surface area (Å²) < 4.78 is 0. The number of hydrogen-bond acceptors (Lipinski definition) is 3. The fraction of sp³-hybridized carbons (Fsp3) is 0.941. The Hall–Kier alpha value is -0.610. The number of amides is 1. The smallest absolute Gasteiger partial charge is 0.226 e. The Morgan fingerprint density at radius 2 is 1.67 bits per heavy atom. The van der Waals surface area contributed by atoms with Crippen molar-refractivity contribution in [2.45, 2.75) is 45.6 Å². The first-order chi connectivity index (χ1) is 10.2. The topological polar surface area (TPSA) is 26.8 Å². The van der Waals surface area contributed by atoms with E-state index in [0.29, 0.717) is 17.7 Å². The van der Waals surface area contributed by atoms with Gasteiger partial charge in [-0.2, -0.15) is 0 Å². The first-order valence-electron chi connectivity index (χ1n) is 8.94. The van der Waals surface area contributed by atoms with E-state index in [1.54, 1.807) is 0 Å². The van der Waals surface area contributed by atoms with Crippen LogP contribution in [0.2, 0.25) is 0 Å². The third-order valence-electron chi connectivity index (χ3n) is 5.67. The van der Waals surface area contributed by atoms with Crippen LogP contribution in [0.1, 0.15) is 39.5 Å². The second-order valence-corrected chi connectivity index (χ2v) is 7.25. The Balaban J connectivity index is 1.41. The van der Waals surface area contributed by atoms with Gasteiger partial charge in [0.15, 0.2) is 0 Å². The van der Waals surface area contributed by atoms with Crippen molar-refractivity contribution in [1.29, 1.82) is 0 Å². The highest BCUT2D eigenvalue weighted by Gasteiger charge is 2.42. The van der Waals surface area contributed by atoms with E-state index in [0.717, 1.165) is 38.6 Å². The first-order valence-corrected chi connectivity index (χ1v) is 8.94. The summed E-state index contributed by atoms with van der Waals surface area (Å²) >= 11 is 0. The van der Waals surface area contributed by atoms with Gasteiger partial charge in [-0.1, -0.05) is 13.8 Å². The van der Waals surface area contributed by atoms with Gasteiger partial charge in [-0.15, -0.1) is 0 Å². The molecule has 1 aliphatic carbocycles. The molecule has 4 heteroatoms. The lowest BCUT2D eigenvalue weighted by molar-refractivity contribution is -0.135. The standard InChI is InChI=1S/C17H31N3O/c1-3-6-18-7-4-15(5-8-18)19-9-11-20(12-10-19)17(21)16-13-14(16)2/h14-16H,3-13H2,1-2H3/t14-,16+/m1/s1. The molecule has 21 heavy (non-hydrogen) atoms. The molecule has 3 aliphatic rings. The molecular weight excluding hydrogens is 262 g/mol. The fourth-order valence-electron chi connectivity index (χ4n) is 4.03. The summed E-state index contributed by atoms with van der Waals surface area (Å²) in [6.07, 6.45) is 5.02. The highest BCUT2D eigenvalue weighted by atomic mass is 16.2. The zero-order valence-electron chi connectivity index (χ0n) is 13.8. The second kappa shape index (κ2) is 6.66. The maximum absolute atomic E-state index is 12.3. The summed E-state index contributed by atoms with van der Waals surface area (Å²) in [6.45, 7) is 12.3. The van der Waals surface area contributed by atoms with Crippen molar-refractivity contribution in [3.05, 3.63) is 0 Å². The Morgan fingerprint density at radius 1 is 1.05 bits per heavy atom. The van der Waals surface area contributed by atoms with E-state index in [1.165, 1.54) is 38.9 Å². The van der Waals surface area contributed by atoms with Gasteiger partial charge in [0.2, 0.25) is 5.91 Å². The number of carbonyl (C=O) groups excluding carboxylic acids is 1. The van der Waals surface area contributed by atoms with Crippen molar-refractivity contribution in [3.8, 4) is 0 Å². The van der Waals surface area contributed by atoms with Crippen LogP contribution in [0.4, 0.5) is 0 Å². The molecular formula is C17H31N3O. The highest BCUT2D eigenvalue weighted by molar-refractivity contribution is 5.81. The molecule has 0 aromatic carbocycles. The quantitative estimate of drug-likeness (QED) is 0.789. The lowest BCUT2D eigenvalue weighted by atomic mass is 10.0. The number of piperazine rings is 1. The van der Waals surface area contributed by atoms with E-state index in [4.69, 9.17) is 0 Å². The minimum absolute atomic E-state index is 0.355. The van der Waals surface area contributed by atoms with Gasteiger partial charge in [0.1, 0.15) is 0 Å². The maximum Gasteiger partial charge on any atom is 0.226 e. The molecule has 0 bridgehead atoms. The lowest BCUT2D eigenvalue weighted by Crippen LogP contribution is -2.54. The third kappa shape index (κ3) is 3.59. The summed E-state index contributed by atoms with van der Waals surface area (Å²) in [4.78, 5) is 19.6. The molecule has 0 N–H and O–H groups in total. The van der Waals surface area contributed by atoms with Crippen molar-refractivity contribution in [2.75, 3.05) is 45.8 Å². The van der Waals surface area contributed by atoms with Crippen LogP contribution in [0.5, 0.6) is 0 Å². The predicted molar refractivity (Wildman–Crippen MR) is 85.2 cm³/mol. The first kappa shape index (κ1) is 15.3. The van der Waals surface area contributed by atoms with E-state index < -0.39 is 0 Å². The van der Waals surface area contributed by atoms with Crippen LogP contribution >= 0.6 is 0 Å². The van der Waals surface area contributed by atoms with Gasteiger partial charge in [0.05, 0.1) is 0 Å². The molecule has 3 fully saturated rings. The zero-order chi connectivity index (χ0) is 14.8. The summed E-state index contributed by atoms with van der Waals surface area (Å²) in [5, 5.41) is 0. The van der Waals surface area contributed by atoms with E-state index >= 15 is 0 Å². The number of nitrogens with zero attached hydrogens (tertiary/aromatic N) is 3. The maximum atomic E-state index is 12.3. The summed E-state index contributed by atoms with van der Waals surface area (Å²) in [5.41, 5.74) is 0. The minimum Gasteiger partial charge on any atom is -0.340 e. The molecule has 3 rings (SSSR count). The SMILES string of the molecule is CCCN1CCC(N2CCN(C(=O)[C@H]3C[C@H]3C)CC2)CC1. The largest absolute Gasteiger partial charge is 0.340 e.